The van der Waals surface area contributed by atoms with Gasteiger partial charge in [0.05, 0.1) is 5.56 Å². The highest BCUT2D eigenvalue weighted by Gasteiger charge is 2.15. The minimum atomic E-state index is -0.0444. The third-order valence-electron chi connectivity index (χ3n) is 4.34. The van der Waals surface area contributed by atoms with Crippen molar-refractivity contribution in [3.63, 3.8) is 0 Å². The van der Waals surface area contributed by atoms with E-state index in [-0.39, 0.29) is 5.91 Å². The number of carbonyl (C=O) groups excluding carboxylic acids is 1. The van der Waals surface area contributed by atoms with Crippen molar-refractivity contribution in [1.82, 2.24) is 15.6 Å². The Bertz CT molecular complexity index is 661. The van der Waals surface area contributed by atoms with Crippen LogP contribution in [0.1, 0.15) is 28.8 Å². The average Bonchev–Trinajstić information content (AvgIpc) is 2.61. The molecule has 0 radical (unpaired) electrons. The summed E-state index contributed by atoms with van der Waals surface area (Å²) >= 11 is 0. The zero-order valence-corrected chi connectivity index (χ0v) is 13.5. The minimum Gasteiger partial charge on any atom is -0.352 e. The molecule has 2 heterocycles. The molecule has 0 saturated carbocycles. The lowest BCUT2D eigenvalue weighted by Crippen LogP contribution is -2.38. The monoisotopic (exact) mass is 309 g/mol. The third-order valence-corrected chi connectivity index (χ3v) is 4.34. The van der Waals surface area contributed by atoms with Gasteiger partial charge in [-0.25, -0.2) is 0 Å². The molecule has 1 saturated heterocycles. The molecule has 3 rings (SSSR count). The van der Waals surface area contributed by atoms with Gasteiger partial charge in [0.25, 0.3) is 5.91 Å². The number of nitrogens with zero attached hydrogens (tertiary/aromatic N) is 1. The lowest BCUT2D eigenvalue weighted by Gasteiger charge is -2.22. The molecule has 0 bridgehead atoms. The van der Waals surface area contributed by atoms with Crippen LogP contribution in [0.4, 0.5) is 0 Å². The molecule has 1 fully saturated rings. The number of carbonyl (C=O) groups is 1. The van der Waals surface area contributed by atoms with E-state index in [2.05, 4.69) is 46.8 Å². The van der Waals surface area contributed by atoms with Crippen LogP contribution >= 0.6 is 0 Å². The van der Waals surface area contributed by atoms with Gasteiger partial charge >= 0.3 is 0 Å². The van der Waals surface area contributed by atoms with Gasteiger partial charge in [0.15, 0.2) is 0 Å². The fourth-order valence-electron chi connectivity index (χ4n) is 2.91. The van der Waals surface area contributed by atoms with Gasteiger partial charge in [0, 0.05) is 24.5 Å². The summed E-state index contributed by atoms with van der Waals surface area (Å²) in [7, 11) is 0. The molecule has 0 spiro atoms. The number of nitrogens with one attached hydrogen (secondary N) is 2. The summed E-state index contributed by atoms with van der Waals surface area (Å²) in [6.07, 6.45) is 5.79. The van der Waals surface area contributed by atoms with Crippen LogP contribution in [0.5, 0.6) is 0 Å². The number of piperidine rings is 1. The van der Waals surface area contributed by atoms with Crippen molar-refractivity contribution in [2.45, 2.75) is 19.8 Å². The SMILES string of the molecule is Cc1ccc(-c2cncc(C(=O)NCC3CCCNC3)c2)cc1. The molecular formula is C19H23N3O. The fourth-order valence-corrected chi connectivity index (χ4v) is 2.91. The maximum absolute atomic E-state index is 12.4. The second-order valence-electron chi connectivity index (χ2n) is 6.25. The number of amides is 1. The molecule has 2 aromatic rings. The predicted molar refractivity (Wildman–Crippen MR) is 92.3 cm³/mol. The van der Waals surface area contributed by atoms with Crippen LogP contribution in [0.15, 0.2) is 42.7 Å². The van der Waals surface area contributed by atoms with Gasteiger partial charge < -0.3 is 10.6 Å². The van der Waals surface area contributed by atoms with Crippen molar-refractivity contribution in [3.05, 3.63) is 53.9 Å². The molecule has 1 aromatic carbocycles. The van der Waals surface area contributed by atoms with E-state index in [1.165, 1.54) is 18.4 Å². The molecule has 2 N–H and O–H groups in total. The van der Waals surface area contributed by atoms with Crippen LogP contribution in [-0.2, 0) is 0 Å². The molecule has 1 aliphatic heterocycles. The second kappa shape index (κ2) is 7.38. The number of pyridine rings is 1. The molecule has 1 aliphatic rings. The van der Waals surface area contributed by atoms with Crippen LogP contribution in [0.3, 0.4) is 0 Å². The van der Waals surface area contributed by atoms with E-state index in [1.54, 1.807) is 12.4 Å². The molecule has 0 aliphatic carbocycles. The molecule has 120 valence electrons. The van der Waals surface area contributed by atoms with Crippen molar-refractivity contribution >= 4 is 5.91 Å². The van der Waals surface area contributed by atoms with Gasteiger partial charge in [-0.3, -0.25) is 9.78 Å². The van der Waals surface area contributed by atoms with E-state index in [9.17, 15) is 4.79 Å². The summed E-state index contributed by atoms with van der Waals surface area (Å²) in [6.45, 7) is 4.86. The number of hydrogen-bond acceptors (Lipinski definition) is 3. The van der Waals surface area contributed by atoms with E-state index in [1.807, 2.05) is 6.07 Å². The van der Waals surface area contributed by atoms with Crippen molar-refractivity contribution in [2.24, 2.45) is 5.92 Å². The van der Waals surface area contributed by atoms with Gasteiger partial charge in [0.2, 0.25) is 0 Å². The van der Waals surface area contributed by atoms with Gasteiger partial charge in [-0.1, -0.05) is 29.8 Å². The van der Waals surface area contributed by atoms with Crippen molar-refractivity contribution in [1.29, 1.82) is 0 Å². The molecular weight excluding hydrogens is 286 g/mol. The Hall–Kier alpha value is -2.20. The van der Waals surface area contributed by atoms with Gasteiger partial charge in [-0.15, -0.1) is 0 Å². The highest BCUT2D eigenvalue weighted by molar-refractivity contribution is 5.95. The van der Waals surface area contributed by atoms with E-state index in [0.717, 1.165) is 30.8 Å². The van der Waals surface area contributed by atoms with Crippen molar-refractivity contribution < 1.29 is 4.79 Å². The fraction of sp³-hybridized carbons (Fsp3) is 0.368. The second-order valence-corrected chi connectivity index (χ2v) is 6.25. The highest BCUT2D eigenvalue weighted by atomic mass is 16.1. The number of aryl methyl sites for hydroxylation is 1. The summed E-state index contributed by atoms with van der Waals surface area (Å²) in [4.78, 5) is 16.6. The number of benzene rings is 1. The predicted octanol–water partition coefficient (Wildman–Crippen LogP) is 2.79. The Balaban J connectivity index is 1.66. The Labute approximate surface area is 137 Å². The normalized spacial score (nSPS) is 17.7. The van der Waals surface area contributed by atoms with E-state index < -0.39 is 0 Å². The first-order chi connectivity index (χ1) is 11.2. The molecule has 1 atom stereocenters. The zero-order chi connectivity index (χ0) is 16.1. The molecule has 23 heavy (non-hydrogen) atoms. The molecule has 1 aromatic heterocycles. The summed E-state index contributed by atoms with van der Waals surface area (Å²) in [5, 5.41) is 6.41. The summed E-state index contributed by atoms with van der Waals surface area (Å²) in [6, 6.07) is 10.2. The first kappa shape index (κ1) is 15.7. The molecule has 4 heteroatoms. The lowest BCUT2D eigenvalue weighted by atomic mass is 9.99. The summed E-state index contributed by atoms with van der Waals surface area (Å²) < 4.78 is 0. The van der Waals surface area contributed by atoms with Gasteiger partial charge in [0.1, 0.15) is 0 Å². The first-order valence-electron chi connectivity index (χ1n) is 8.23. The third kappa shape index (κ3) is 4.17. The van der Waals surface area contributed by atoms with Crippen LogP contribution in [0, 0.1) is 12.8 Å². The Morgan fingerprint density at radius 3 is 2.83 bits per heavy atom. The van der Waals surface area contributed by atoms with Crippen molar-refractivity contribution in [3.8, 4) is 11.1 Å². The smallest absolute Gasteiger partial charge is 0.252 e. The van der Waals surface area contributed by atoms with Crippen LogP contribution < -0.4 is 10.6 Å². The Kier molecular flexibility index (Phi) is 5.03. The maximum atomic E-state index is 12.4. The number of aromatic nitrogens is 1. The summed E-state index contributed by atoms with van der Waals surface area (Å²) in [5.74, 6) is 0.484. The topological polar surface area (TPSA) is 54.0 Å². The minimum absolute atomic E-state index is 0.0444. The quantitative estimate of drug-likeness (QED) is 0.913. The zero-order valence-electron chi connectivity index (χ0n) is 13.5. The van der Waals surface area contributed by atoms with E-state index >= 15 is 0 Å². The van der Waals surface area contributed by atoms with Gasteiger partial charge in [-0.05, 0) is 50.4 Å². The number of hydrogen-bond donors (Lipinski definition) is 2. The van der Waals surface area contributed by atoms with E-state index in [4.69, 9.17) is 0 Å². The van der Waals surface area contributed by atoms with Crippen LogP contribution in [0.2, 0.25) is 0 Å². The largest absolute Gasteiger partial charge is 0.352 e. The molecule has 1 unspecified atom stereocenters. The Morgan fingerprint density at radius 1 is 1.26 bits per heavy atom. The summed E-state index contributed by atoms with van der Waals surface area (Å²) in [5.41, 5.74) is 3.88. The standard InChI is InChI=1S/C19H23N3O/c1-14-4-6-16(7-5-14)17-9-18(13-21-12-17)19(23)22-11-15-3-2-8-20-10-15/h4-7,9,12-13,15,20H,2-3,8,10-11H2,1H3,(H,22,23). The number of rotatable bonds is 4. The molecule has 4 nitrogen and oxygen atoms in total. The maximum Gasteiger partial charge on any atom is 0.252 e. The Morgan fingerprint density at radius 2 is 2.09 bits per heavy atom. The lowest BCUT2D eigenvalue weighted by molar-refractivity contribution is 0.0944. The van der Waals surface area contributed by atoms with Gasteiger partial charge in [-0.2, -0.15) is 0 Å². The highest BCUT2D eigenvalue weighted by Crippen LogP contribution is 2.20. The molecule has 1 amide bonds. The average molecular weight is 309 g/mol. The van der Waals surface area contributed by atoms with Crippen LogP contribution in [-0.4, -0.2) is 30.5 Å². The van der Waals surface area contributed by atoms with E-state index in [0.29, 0.717) is 11.5 Å². The van der Waals surface area contributed by atoms with Crippen molar-refractivity contribution in [2.75, 3.05) is 19.6 Å². The van der Waals surface area contributed by atoms with Crippen LogP contribution in [0.25, 0.3) is 11.1 Å². The first-order valence-corrected chi connectivity index (χ1v) is 8.23.